The third kappa shape index (κ3) is 6.58. The van der Waals surface area contributed by atoms with Gasteiger partial charge in [0, 0.05) is 41.3 Å². The number of nitro groups is 1. The largest absolute Gasteiger partial charge is 0.357 e. The number of likely N-dealkylation sites (N-methyl/N-ethyl adjacent to an activating group) is 1. The maximum Gasteiger partial charge on any atom is 0.271 e. The summed E-state index contributed by atoms with van der Waals surface area (Å²) in [5.74, 6) is -1.18. The van der Waals surface area contributed by atoms with Crippen LogP contribution >= 0.6 is 23.2 Å². The minimum absolute atomic E-state index is 0.0613. The summed E-state index contributed by atoms with van der Waals surface area (Å²) < 4.78 is 25.8. The predicted octanol–water partition coefficient (Wildman–Crippen LogP) is 3.22. The summed E-state index contributed by atoms with van der Waals surface area (Å²) >= 11 is 12.5. The van der Waals surface area contributed by atoms with Crippen LogP contribution in [0.2, 0.25) is 10.0 Å². The van der Waals surface area contributed by atoms with Gasteiger partial charge in [-0.25, -0.2) is 8.42 Å². The van der Waals surface area contributed by atoms with Gasteiger partial charge in [0.2, 0.25) is 21.8 Å². The van der Waals surface area contributed by atoms with Gasteiger partial charge in [-0.2, -0.15) is 0 Å². The van der Waals surface area contributed by atoms with Gasteiger partial charge >= 0.3 is 0 Å². The van der Waals surface area contributed by atoms with E-state index >= 15 is 0 Å². The summed E-state index contributed by atoms with van der Waals surface area (Å²) in [5, 5.41) is 14.2. The number of nitro benzene ring substituents is 1. The first-order valence-corrected chi connectivity index (χ1v) is 12.7. The van der Waals surface area contributed by atoms with Crippen molar-refractivity contribution in [1.29, 1.82) is 0 Å². The lowest BCUT2D eigenvalue weighted by Crippen LogP contribution is -2.51. The molecule has 0 aliphatic rings. The van der Waals surface area contributed by atoms with E-state index in [0.29, 0.717) is 5.56 Å². The minimum Gasteiger partial charge on any atom is -0.357 e. The summed E-state index contributed by atoms with van der Waals surface area (Å²) in [6.07, 6.45) is 1.10. The first-order chi connectivity index (χ1) is 15.9. The number of sulfonamides is 1. The normalized spacial score (nSPS) is 12.0. The molecule has 0 fully saturated rings. The van der Waals surface area contributed by atoms with Crippen LogP contribution in [0.3, 0.4) is 0 Å². The van der Waals surface area contributed by atoms with Gasteiger partial charge in [0.25, 0.3) is 5.69 Å². The molecule has 2 aromatic carbocycles. The lowest BCUT2D eigenvalue weighted by atomic mass is 10.1. The number of carbonyl (C=O) groups excluding carboxylic acids is 2. The lowest BCUT2D eigenvalue weighted by Gasteiger charge is -2.33. The molecule has 0 spiro atoms. The highest BCUT2D eigenvalue weighted by molar-refractivity contribution is 7.92. The number of anilines is 1. The number of nitrogens with zero attached hydrogens (tertiary/aromatic N) is 3. The molecule has 0 saturated carbocycles. The van der Waals surface area contributed by atoms with E-state index in [0.717, 1.165) is 16.6 Å². The average molecular weight is 531 g/mol. The third-order valence-corrected chi connectivity index (χ3v) is 6.88. The second kappa shape index (κ2) is 11.5. The Kier molecular flexibility index (Phi) is 9.25. The Morgan fingerprint density at radius 3 is 2.24 bits per heavy atom. The van der Waals surface area contributed by atoms with E-state index in [-0.39, 0.29) is 34.4 Å². The van der Waals surface area contributed by atoms with E-state index in [1.54, 1.807) is 25.1 Å². The van der Waals surface area contributed by atoms with Gasteiger partial charge in [-0.3, -0.25) is 24.0 Å². The Balaban J connectivity index is 2.52. The molecule has 2 rings (SSSR count). The Hall–Kier alpha value is -2.89. The van der Waals surface area contributed by atoms with Crippen LogP contribution in [-0.2, 0) is 26.2 Å². The van der Waals surface area contributed by atoms with Crippen LogP contribution in [0.5, 0.6) is 0 Å². The highest BCUT2D eigenvalue weighted by Gasteiger charge is 2.32. The minimum atomic E-state index is -4.03. The highest BCUT2D eigenvalue weighted by atomic mass is 35.5. The molecule has 0 aliphatic carbocycles. The van der Waals surface area contributed by atoms with Gasteiger partial charge in [0.15, 0.2) is 0 Å². The summed E-state index contributed by atoms with van der Waals surface area (Å²) in [6.45, 7) is 0.842. The van der Waals surface area contributed by atoms with Gasteiger partial charge in [-0.05, 0) is 24.6 Å². The Morgan fingerprint density at radius 2 is 1.74 bits per heavy atom. The van der Waals surface area contributed by atoms with E-state index in [1.165, 1.54) is 30.1 Å². The van der Waals surface area contributed by atoms with Crippen molar-refractivity contribution in [2.45, 2.75) is 25.9 Å². The summed E-state index contributed by atoms with van der Waals surface area (Å²) in [4.78, 5) is 37.7. The van der Waals surface area contributed by atoms with Gasteiger partial charge in [0.1, 0.15) is 12.6 Å². The number of hydrogen-bond donors (Lipinski definition) is 1. The number of amides is 2. The number of hydrogen-bond acceptors (Lipinski definition) is 6. The molecule has 13 heteroatoms. The Labute approximate surface area is 207 Å². The molecule has 0 saturated heterocycles. The molecule has 0 aromatic heterocycles. The van der Waals surface area contributed by atoms with Crippen LogP contribution in [0.1, 0.15) is 18.9 Å². The zero-order valence-corrected chi connectivity index (χ0v) is 21.0. The highest BCUT2D eigenvalue weighted by Crippen LogP contribution is 2.28. The number of rotatable bonds is 10. The van der Waals surface area contributed by atoms with Gasteiger partial charge < -0.3 is 10.2 Å². The lowest BCUT2D eigenvalue weighted by molar-refractivity contribution is -0.384. The molecular formula is C21H24Cl2N4O6S. The Morgan fingerprint density at radius 1 is 1.15 bits per heavy atom. The molecule has 0 bridgehead atoms. The smallest absolute Gasteiger partial charge is 0.271 e. The molecule has 2 aromatic rings. The molecule has 34 heavy (non-hydrogen) atoms. The fourth-order valence-corrected chi connectivity index (χ4v) is 4.67. The molecule has 1 N–H and O–H groups in total. The number of carbonyl (C=O) groups is 2. The molecule has 1 atom stereocenters. The van der Waals surface area contributed by atoms with Crippen molar-refractivity contribution < 1.29 is 22.9 Å². The molecule has 2 amide bonds. The number of nitrogens with one attached hydrogen (secondary N) is 1. The van der Waals surface area contributed by atoms with Crippen molar-refractivity contribution >= 4 is 56.4 Å². The van der Waals surface area contributed by atoms with Crippen LogP contribution in [0.15, 0.2) is 42.5 Å². The van der Waals surface area contributed by atoms with Crippen LogP contribution in [0, 0.1) is 10.1 Å². The van der Waals surface area contributed by atoms with E-state index in [4.69, 9.17) is 23.2 Å². The average Bonchev–Trinajstić information content (AvgIpc) is 2.78. The predicted molar refractivity (Wildman–Crippen MR) is 130 cm³/mol. The molecule has 0 heterocycles. The van der Waals surface area contributed by atoms with Gasteiger partial charge in [-0.1, -0.05) is 42.3 Å². The Bertz CT molecular complexity index is 1170. The molecule has 10 nitrogen and oxygen atoms in total. The van der Waals surface area contributed by atoms with E-state index in [1.807, 2.05) is 0 Å². The van der Waals surface area contributed by atoms with Gasteiger partial charge in [0.05, 0.1) is 16.9 Å². The summed E-state index contributed by atoms with van der Waals surface area (Å²) in [6, 6.07) is 8.76. The first kappa shape index (κ1) is 27.4. The SMILES string of the molecule is CC[C@H](C(=O)NC)N(Cc1c(Cl)cccc1Cl)C(=O)CN(c1cccc([N+](=O)[O-])c1)S(C)(=O)=O. The van der Waals surface area contributed by atoms with Crippen molar-refractivity contribution in [3.8, 4) is 0 Å². The van der Waals surface area contributed by atoms with Gasteiger partial charge in [-0.15, -0.1) is 0 Å². The molecule has 0 unspecified atom stereocenters. The van der Waals surface area contributed by atoms with Crippen molar-refractivity contribution in [1.82, 2.24) is 10.2 Å². The molecule has 0 radical (unpaired) electrons. The number of halogens is 2. The number of benzene rings is 2. The first-order valence-electron chi connectivity index (χ1n) is 10.1. The quantitative estimate of drug-likeness (QED) is 0.370. The van der Waals surface area contributed by atoms with E-state index in [9.17, 15) is 28.1 Å². The third-order valence-electron chi connectivity index (χ3n) is 5.03. The zero-order valence-electron chi connectivity index (χ0n) is 18.7. The van der Waals surface area contributed by atoms with E-state index in [2.05, 4.69) is 5.32 Å². The maximum absolute atomic E-state index is 13.5. The zero-order chi connectivity index (χ0) is 25.6. The molecule has 0 aliphatic heterocycles. The van der Waals surface area contributed by atoms with Crippen LogP contribution in [-0.4, -0.2) is 55.9 Å². The van der Waals surface area contributed by atoms with Crippen molar-refractivity contribution in [2.24, 2.45) is 0 Å². The van der Waals surface area contributed by atoms with Crippen LogP contribution < -0.4 is 9.62 Å². The van der Waals surface area contributed by atoms with Crippen molar-refractivity contribution in [3.05, 3.63) is 68.2 Å². The topological polar surface area (TPSA) is 130 Å². The fourth-order valence-electron chi connectivity index (χ4n) is 3.32. The van der Waals surface area contributed by atoms with Crippen LogP contribution in [0.25, 0.3) is 0 Å². The number of non-ortho nitro benzene ring substituents is 1. The second-order valence-corrected chi connectivity index (χ2v) is 10.0. The van der Waals surface area contributed by atoms with Crippen LogP contribution in [0.4, 0.5) is 11.4 Å². The maximum atomic E-state index is 13.5. The fraction of sp³-hybridized carbons (Fsp3) is 0.333. The summed E-state index contributed by atoms with van der Waals surface area (Å²) in [5.41, 5.74) is -0.00772. The standard InChI is InChI=1S/C21H24Cl2N4O6S/c1-4-19(21(29)24-2)25(12-16-17(22)9-6-10-18(16)23)20(28)13-26(34(3,32)33)14-7-5-8-15(11-14)27(30)31/h5-11,19H,4,12-13H2,1-3H3,(H,24,29)/t19-/m1/s1. The molecular weight excluding hydrogens is 507 g/mol. The van der Waals surface area contributed by atoms with Crippen molar-refractivity contribution in [2.75, 3.05) is 24.2 Å². The summed E-state index contributed by atoms with van der Waals surface area (Å²) in [7, 11) is -2.61. The van der Waals surface area contributed by atoms with E-state index < -0.39 is 39.3 Å². The van der Waals surface area contributed by atoms with Crippen molar-refractivity contribution in [3.63, 3.8) is 0 Å². The molecule has 184 valence electrons. The monoisotopic (exact) mass is 530 g/mol. The second-order valence-electron chi connectivity index (χ2n) is 7.31.